The third-order valence-electron chi connectivity index (χ3n) is 2.97. The summed E-state index contributed by atoms with van der Waals surface area (Å²) in [6.07, 6.45) is 4.39. The van der Waals surface area contributed by atoms with E-state index >= 15 is 0 Å². The Bertz CT molecular complexity index is 386. The zero-order valence-electron chi connectivity index (χ0n) is 9.18. The second kappa shape index (κ2) is 3.74. The minimum Gasteiger partial charge on any atom is -0.383 e. The van der Waals surface area contributed by atoms with E-state index in [0.29, 0.717) is 5.82 Å². The molecular weight excluding hydrogens is 254 g/mol. The van der Waals surface area contributed by atoms with Crippen molar-refractivity contribution >= 4 is 21.7 Å². The van der Waals surface area contributed by atoms with Crippen molar-refractivity contribution in [2.75, 3.05) is 5.73 Å². The summed E-state index contributed by atoms with van der Waals surface area (Å²) < 4.78 is 0.873. The van der Waals surface area contributed by atoms with Crippen LogP contribution in [-0.4, -0.2) is 9.97 Å². The molecule has 0 bridgehead atoms. The van der Waals surface area contributed by atoms with Gasteiger partial charge in [0.15, 0.2) is 0 Å². The molecule has 0 atom stereocenters. The molecule has 0 aromatic carbocycles. The van der Waals surface area contributed by atoms with Gasteiger partial charge in [-0.3, -0.25) is 0 Å². The lowest BCUT2D eigenvalue weighted by atomic mass is 10.1. The normalized spacial score (nSPS) is 17.8. The maximum atomic E-state index is 5.88. The van der Waals surface area contributed by atoms with Gasteiger partial charge in [0.05, 0.1) is 10.2 Å². The number of hydrogen-bond acceptors (Lipinski definition) is 3. The van der Waals surface area contributed by atoms with E-state index < -0.39 is 0 Å². The number of hydrogen-bond donors (Lipinski definition) is 1. The number of nitrogen functional groups attached to an aromatic ring is 1. The van der Waals surface area contributed by atoms with E-state index in [9.17, 15) is 0 Å². The first-order valence-corrected chi connectivity index (χ1v) is 6.18. The largest absolute Gasteiger partial charge is 0.383 e. The fourth-order valence-electron chi connectivity index (χ4n) is 1.60. The van der Waals surface area contributed by atoms with Crippen LogP contribution in [-0.2, 0) is 11.8 Å². The number of nitrogens with two attached hydrogens (primary N) is 1. The average molecular weight is 270 g/mol. The molecule has 1 heterocycles. The predicted molar refractivity (Wildman–Crippen MR) is 64.7 cm³/mol. The molecule has 0 aliphatic heterocycles. The molecule has 2 N–H and O–H groups in total. The third kappa shape index (κ3) is 2.00. The van der Waals surface area contributed by atoms with Gasteiger partial charge in [0.1, 0.15) is 11.6 Å². The zero-order chi connectivity index (χ0) is 11.1. The van der Waals surface area contributed by atoms with Gasteiger partial charge >= 0.3 is 0 Å². The Morgan fingerprint density at radius 3 is 2.60 bits per heavy atom. The molecule has 0 radical (unpaired) electrons. The Morgan fingerprint density at radius 1 is 1.40 bits per heavy atom. The minimum absolute atomic E-state index is 0.192. The zero-order valence-corrected chi connectivity index (χ0v) is 10.8. The van der Waals surface area contributed by atoms with Gasteiger partial charge in [-0.15, -0.1) is 0 Å². The molecule has 0 unspecified atom stereocenters. The van der Waals surface area contributed by atoms with E-state index in [1.165, 1.54) is 12.8 Å². The highest BCUT2D eigenvalue weighted by Crippen LogP contribution is 2.46. The molecule has 4 heteroatoms. The molecule has 2 rings (SSSR count). The number of aromatic nitrogens is 2. The monoisotopic (exact) mass is 269 g/mol. The van der Waals surface area contributed by atoms with Crippen LogP contribution < -0.4 is 5.73 Å². The van der Waals surface area contributed by atoms with Gasteiger partial charge in [-0.25, -0.2) is 9.97 Å². The molecule has 0 amide bonds. The SMILES string of the molecule is CCCc1nc(C2(C)CC2)nc(N)c1Br. The molecule has 3 nitrogen and oxygen atoms in total. The van der Waals surface area contributed by atoms with Crippen LogP contribution in [0.5, 0.6) is 0 Å². The molecule has 1 fully saturated rings. The van der Waals surface area contributed by atoms with Crippen molar-refractivity contribution < 1.29 is 0 Å². The Labute approximate surface area is 98.6 Å². The summed E-state index contributed by atoms with van der Waals surface area (Å²) in [5.74, 6) is 1.50. The lowest BCUT2D eigenvalue weighted by molar-refractivity contribution is 0.693. The second-order valence-electron chi connectivity index (χ2n) is 4.50. The topological polar surface area (TPSA) is 51.8 Å². The summed E-state index contributed by atoms with van der Waals surface area (Å²) in [6.45, 7) is 4.34. The van der Waals surface area contributed by atoms with Gasteiger partial charge in [0.25, 0.3) is 0 Å². The Kier molecular flexibility index (Phi) is 2.71. The molecule has 1 aromatic heterocycles. The van der Waals surface area contributed by atoms with Crippen molar-refractivity contribution in [2.45, 2.75) is 44.9 Å². The van der Waals surface area contributed by atoms with Crippen molar-refractivity contribution in [1.82, 2.24) is 9.97 Å². The van der Waals surface area contributed by atoms with Crippen LogP contribution in [0.3, 0.4) is 0 Å². The van der Waals surface area contributed by atoms with Crippen molar-refractivity contribution in [2.24, 2.45) is 0 Å². The summed E-state index contributed by atoms with van der Waals surface area (Å²) in [5, 5.41) is 0. The number of nitrogens with zero attached hydrogens (tertiary/aromatic N) is 2. The van der Waals surface area contributed by atoms with Gasteiger partial charge in [-0.05, 0) is 35.2 Å². The third-order valence-corrected chi connectivity index (χ3v) is 3.84. The van der Waals surface area contributed by atoms with E-state index in [4.69, 9.17) is 5.73 Å². The van der Waals surface area contributed by atoms with Crippen molar-refractivity contribution in [3.8, 4) is 0 Å². The number of aryl methyl sites for hydroxylation is 1. The predicted octanol–water partition coefficient (Wildman–Crippen LogP) is 2.83. The fourth-order valence-corrected chi connectivity index (χ4v) is 1.97. The Balaban J connectivity index is 2.41. The van der Waals surface area contributed by atoms with E-state index in [2.05, 4.69) is 39.7 Å². The van der Waals surface area contributed by atoms with Gasteiger partial charge in [0, 0.05) is 5.41 Å². The molecule has 0 saturated heterocycles. The first-order chi connectivity index (χ1) is 7.07. The average Bonchev–Trinajstić information content (AvgIpc) is 2.93. The molecule has 1 aliphatic carbocycles. The van der Waals surface area contributed by atoms with Crippen LogP contribution in [0.1, 0.15) is 44.6 Å². The summed E-state index contributed by atoms with van der Waals surface area (Å²) in [7, 11) is 0. The number of rotatable bonds is 3. The minimum atomic E-state index is 0.192. The fraction of sp³-hybridized carbons (Fsp3) is 0.636. The molecule has 1 saturated carbocycles. The molecule has 1 aromatic rings. The van der Waals surface area contributed by atoms with Gasteiger partial charge in [-0.2, -0.15) is 0 Å². The van der Waals surface area contributed by atoms with Gasteiger partial charge in [0.2, 0.25) is 0 Å². The van der Waals surface area contributed by atoms with Crippen LogP contribution in [0.2, 0.25) is 0 Å². The van der Waals surface area contributed by atoms with E-state index in [-0.39, 0.29) is 5.41 Å². The molecule has 0 spiro atoms. The Morgan fingerprint density at radius 2 is 2.07 bits per heavy atom. The van der Waals surface area contributed by atoms with Gasteiger partial charge in [-0.1, -0.05) is 20.3 Å². The standard InChI is InChI=1S/C11H16BrN3/c1-3-4-7-8(12)9(13)15-10(14-7)11(2)5-6-11/h3-6H2,1-2H3,(H2,13,14,15). The smallest absolute Gasteiger partial charge is 0.141 e. The van der Waals surface area contributed by atoms with Crippen LogP contribution in [0, 0.1) is 0 Å². The lowest BCUT2D eigenvalue weighted by Crippen LogP contribution is -2.12. The summed E-state index contributed by atoms with van der Waals surface area (Å²) in [5.41, 5.74) is 7.12. The van der Waals surface area contributed by atoms with Crippen LogP contribution in [0.25, 0.3) is 0 Å². The van der Waals surface area contributed by atoms with Crippen LogP contribution in [0.15, 0.2) is 4.47 Å². The van der Waals surface area contributed by atoms with Crippen LogP contribution in [0.4, 0.5) is 5.82 Å². The van der Waals surface area contributed by atoms with E-state index in [1.807, 2.05) is 0 Å². The molecule has 15 heavy (non-hydrogen) atoms. The van der Waals surface area contributed by atoms with Crippen LogP contribution >= 0.6 is 15.9 Å². The van der Waals surface area contributed by atoms with Gasteiger partial charge < -0.3 is 5.73 Å². The highest BCUT2D eigenvalue weighted by molar-refractivity contribution is 9.10. The summed E-state index contributed by atoms with van der Waals surface area (Å²) in [6, 6.07) is 0. The first-order valence-electron chi connectivity index (χ1n) is 5.39. The molecule has 82 valence electrons. The highest BCUT2D eigenvalue weighted by Gasteiger charge is 2.42. The molecule has 1 aliphatic rings. The molecular formula is C11H16BrN3. The Hall–Kier alpha value is -0.640. The number of anilines is 1. The lowest BCUT2D eigenvalue weighted by Gasteiger charge is -2.11. The quantitative estimate of drug-likeness (QED) is 0.918. The van der Waals surface area contributed by atoms with Crippen molar-refractivity contribution in [3.63, 3.8) is 0 Å². The van der Waals surface area contributed by atoms with Crippen molar-refractivity contribution in [1.29, 1.82) is 0 Å². The summed E-state index contributed by atoms with van der Waals surface area (Å²) >= 11 is 3.45. The first kappa shape index (κ1) is 10.9. The number of halogens is 1. The summed E-state index contributed by atoms with van der Waals surface area (Å²) in [4.78, 5) is 8.99. The van der Waals surface area contributed by atoms with Crippen molar-refractivity contribution in [3.05, 3.63) is 16.0 Å². The highest BCUT2D eigenvalue weighted by atomic mass is 79.9. The maximum absolute atomic E-state index is 5.88. The second-order valence-corrected chi connectivity index (χ2v) is 5.30. The van der Waals surface area contributed by atoms with E-state index in [0.717, 1.165) is 28.8 Å². The van der Waals surface area contributed by atoms with E-state index in [1.54, 1.807) is 0 Å². The maximum Gasteiger partial charge on any atom is 0.141 e.